The first-order chi connectivity index (χ1) is 7.98. The van der Waals surface area contributed by atoms with E-state index in [2.05, 4.69) is 4.98 Å². The molecule has 0 aliphatic carbocycles. The van der Waals surface area contributed by atoms with Gasteiger partial charge in [0, 0.05) is 6.61 Å². The maximum absolute atomic E-state index is 11.1. The van der Waals surface area contributed by atoms with Crippen molar-refractivity contribution in [3.05, 3.63) is 15.6 Å². The van der Waals surface area contributed by atoms with E-state index in [1.165, 1.54) is 11.3 Å². The van der Waals surface area contributed by atoms with Crippen LogP contribution in [0.15, 0.2) is 0 Å². The van der Waals surface area contributed by atoms with E-state index in [1.54, 1.807) is 0 Å². The predicted molar refractivity (Wildman–Crippen MR) is 67.7 cm³/mol. The summed E-state index contributed by atoms with van der Waals surface area (Å²) in [5.41, 5.74) is 0.175. The largest absolute Gasteiger partial charge is 0.477 e. The molecular formula is C12H19NO3S. The number of hydrogen-bond acceptors (Lipinski definition) is 4. The van der Waals surface area contributed by atoms with Crippen molar-refractivity contribution in [3.63, 3.8) is 0 Å². The van der Waals surface area contributed by atoms with E-state index in [9.17, 15) is 4.79 Å². The first-order valence-electron chi connectivity index (χ1n) is 5.85. The summed E-state index contributed by atoms with van der Waals surface area (Å²) in [6.45, 7) is 8.41. The number of carboxylic acid groups (broad SMARTS) is 1. The third-order valence-corrected chi connectivity index (χ3v) is 4.15. The van der Waals surface area contributed by atoms with E-state index in [0.717, 1.165) is 11.4 Å². The molecule has 1 N–H and O–H groups in total. The fourth-order valence-electron chi connectivity index (χ4n) is 1.62. The van der Waals surface area contributed by atoms with Crippen LogP contribution in [0.5, 0.6) is 0 Å². The molecule has 17 heavy (non-hydrogen) atoms. The molecule has 1 heterocycles. The molecule has 4 nitrogen and oxygen atoms in total. The number of carboxylic acids is 1. The van der Waals surface area contributed by atoms with E-state index in [1.807, 2.05) is 27.7 Å². The fraction of sp³-hybridized carbons (Fsp3) is 0.667. The van der Waals surface area contributed by atoms with Crippen LogP contribution in [0.4, 0.5) is 0 Å². The molecule has 1 unspecified atom stereocenters. The van der Waals surface area contributed by atoms with Crippen LogP contribution in [0.1, 0.15) is 54.5 Å². The molecule has 1 atom stereocenters. The smallest absolute Gasteiger partial charge is 0.347 e. The summed E-state index contributed by atoms with van der Waals surface area (Å²) >= 11 is 1.23. The van der Waals surface area contributed by atoms with Crippen molar-refractivity contribution in [2.24, 2.45) is 0 Å². The van der Waals surface area contributed by atoms with Crippen LogP contribution in [0, 0.1) is 0 Å². The average Bonchev–Trinajstić information content (AvgIpc) is 2.73. The topological polar surface area (TPSA) is 59.4 Å². The summed E-state index contributed by atoms with van der Waals surface area (Å²) < 4.78 is 5.71. The van der Waals surface area contributed by atoms with Crippen molar-refractivity contribution in [1.29, 1.82) is 0 Å². The molecule has 1 aromatic rings. The number of aryl methyl sites for hydroxylation is 1. The molecule has 0 aliphatic heterocycles. The Morgan fingerprint density at radius 1 is 1.47 bits per heavy atom. The zero-order valence-corrected chi connectivity index (χ0v) is 11.6. The van der Waals surface area contributed by atoms with Crippen LogP contribution in [-0.4, -0.2) is 22.7 Å². The normalized spacial score (nSPS) is 14.6. The van der Waals surface area contributed by atoms with Gasteiger partial charge in [-0.05, 0) is 26.7 Å². The Morgan fingerprint density at radius 3 is 2.47 bits per heavy atom. The summed E-state index contributed by atoms with van der Waals surface area (Å²) in [6.07, 6.45) is 1.40. The lowest BCUT2D eigenvalue weighted by Crippen LogP contribution is -2.24. The van der Waals surface area contributed by atoms with Crippen molar-refractivity contribution < 1.29 is 14.6 Å². The van der Waals surface area contributed by atoms with Crippen LogP contribution in [-0.2, 0) is 16.8 Å². The van der Waals surface area contributed by atoms with E-state index in [4.69, 9.17) is 9.84 Å². The van der Waals surface area contributed by atoms with Crippen molar-refractivity contribution in [3.8, 4) is 0 Å². The maximum Gasteiger partial charge on any atom is 0.347 e. The third kappa shape index (κ3) is 2.84. The molecule has 96 valence electrons. The Kier molecular flexibility index (Phi) is 4.65. The Morgan fingerprint density at radius 2 is 2.12 bits per heavy atom. The van der Waals surface area contributed by atoms with Gasteiger partial charge in [-0.15, -0.1) is 11.3 Å². The van der Waals surface area contributed by atoms with Gasteiger partial charge in [-0.2, -0.15) is 0 Å². The Labute approximate surface area is 106 Å². The summed E-state index contributed by atoms with van der Waals surface area (Å²) in [4.78, 5) is 15.9. The molecular weight excluding hydrogens is 238 g/mol. The number of thiazole rings is 1. The summed E-state index contributed by atoms with van der Waals surface area (Å²) in [7, 11) is 0. The van der Waals surface area contributed by atoms with Gasteiger partial charge in [0.25, 0.3) is 0 Å². The van der Waals surface area contributed by atoms with Gasteiger partial charge in [-0.25, -0.2) is 9.78 Å². The van der Waals surface area contributed by atoms with Crippen LogP contribution in [0.2, 0.25) is 0 Å². The molecule has 1 aromatic heterocycles. The summed E-state index contributed by atoms with van der Waals surface area (Å²) in [5, 5.41) is 9.87. The zero-order chi connectivity index (χ0) is 13.1. The highest BCUT2D eigenvalue weighted by atomic mass is 32.1. The standard InChI is InChI=1S/C12H19NO3S/c1-5-8-9(10(14)15)17-11(13-8)12(4,6-2)16-7-3/h5-7H2,1-4H3,(H,14,15). The predicted octanol–water partition coefficient (Wildman–Crippen LogP) is 3.07. The third-order valence-electron chi connectivity index (χ3n) is 2.82. The van der Waals surface area contributed by atoms with Crippen LogP contribution in [0.3, 0.4) is 0 Å². The molecule has 0 saturated heterocycles. The molecule has 0 bridgehead atoms. The minimum atomic E-state index is -0.902. The van der Waals surface area contributed by atoms with E-state index < -0.39 is 11.6 Å². The number of rotatable bonds is 6. The fourth-order valence-corrected chi connectivity index (χ4v) is 2.78. The van der Waals surface area contributed by atoms with Gasteiger partial charge in [0.1, 0.15) is 15.5 Å². The second-order valence-electron chi connectivity index (χ2n) is 3.97. The van der Waals surface area contributed by atoms with Crippen molar-refractivity contribution in [2.75, 3.05) is 6.61 Å². The zero-order valence-electron chi connectivity index (χ0n) is 10.7. The monoisotopic (exact) mass is 257 g/mol. The molecule has 0 aliphatic rings. The Hall–Kier alpha value is -0.940. The first kappa shape index (κ1) is 14.1. The van der Waals surface area contributed by atoms with E-state index >= 15 is 0 Å². The van der Waals surface area contributed by atoms with Gasteiger partial charge in [-0.3, -0.25) is 0 Å². The molecule has 5 heteroatoms. The second kappa shape index (κ2) is 5.60. The van der Waals surface area contributed by atoms with Crippen LogP contribution in [0.25, 0.3) is 0 Å². The molecule has 0 fully saturated rings. The minimum Gasteiger partial charge on any atom is -0.477 e. The molecule has 0 radical (unpaired) electrons. The summed E-state index contributed by atoms with van der Waals surface area (Å²) in [5.74, 6) is -0.902. The molecule has 0 spiro atoms. The highest BCUT2D eigenvalue weighted by Gasteiger charge is 2.31. The molecule has 0 amide bonds. The van der Waals surface area contributed by atoms with E-state index in [-0.39, 0.29) is 0 Å². The first-order valence-corrected chi connectivity index (χ1v) is 6.67. The lowest BCUT2D eigenvalue weighted by Gasteiger charge is -2.25. The minimum absolute atomic E-state index is 0.335. The number of carbonyl (C=O) groups is 1. The Balaban J connectivity index is 3.17. The van der Waals surface area contributed by atoms with Crippen LogP contribution >= 0.6 is 11.3 Å². The van der Waals surface area contributed by atoms with Gasteiger partial charge < -0.3 is 9.84 Å². The Bertz CT molecular complexity index is 402. The maximum atomic E-state index is 11.1. The number of nitrogens with zero attached hydrogens (tertiary/aromatic N) is 1. The van der Waals surface area contributed by atoms with Crippen molar-refractivity contribution in [1.82, 2.24) is 4.98 Å². The number of aromatic carboxylic acids is 1. The van der Waals surface area contributed by atoms with Gasteiger partial charge in [0.05, 0.1) is 5.69 Å². The molecule has 1 rings (SSSR count). The van der Waals surface area contributed by atoms with Gasteiger partial charge in [0.15, 0.2) is 0 Å². The van der Waals surface area contributed by atoms with Crippen LogP contribution < -0.4 is 0 Å². The SMILES string of the molecule is CCOC(C)(CC)c1nc(CC)c(C(=O)O)s1. The van der Waals surface area contributed by atoms with E-state index in [0.29, 0.717) is 23.6 Å². The van der Waals surface area contributed by atoms with Gasteiger partial charge in [-0.1, -0.05) is 13.8 Å². The number of aromatic nitrogens is 1. The lowest BCUT2D eigenvalue weighted by molar-refractivity contribution is -0.0325. The molecule has 0 saturated carbocycles. The van der Waals surface area contributed by atoms with Gasteiger partial charge >= 0.3 is 5.97 Å². The highest BCUT2D eigenvalue weighted by molar-refractivity contribution is 7.13. The van der Waals surface area contributed by atoms with Crippen molar-refractivity contribution >= 4 is 17.3 Å². The van der Waals surface area contributed by atoms with Crippen molar-refractivity contribution in [2.45, 2.75) is 46.1 Å². The summed E-state index contributed by atoms with van der Waals surface area (Å²) in [6, 6.07) is 0. The number of ether oxygens (including phenoxy) is 1. The number of hydrogen-bond donors (Lipinski definition) is 1. The lowest BCUT2D eigenvalue weighted by atomic mass is 10.0. The quantitative estimate of drug-likeness (QED) is 0.850. The van der Waals surface area contributed by atoms with Gasteiger partial charge in [0.2, 0.25) is 0 Å². The second-order valence-corrected chi connectivity index (χ2v) is 4.97. The molecule has 0 aromatic carbocycles. The average molecular weight is 257 g/mol. The highest BCUT2D eigenvalue weighted by Crippen LogP contribution is 2.34.